The monoisotopic (exact) mass is 489 g/mol. The van der Waals surface area contributed by atoms with Crippen molar-refractivity contribution in [3.63, 3.8) is 0 Å². The number of amides is 1. The van der Waals surface area contributed by atoms with Crippen LogP contribution in [0.25, 0.3) is 6.08 Å². The highest BCUT2D eigenvalue weighted by atomic mass is 79.9. The molecular weight excluding hydrogens is 472 g/mol. The van der Waals surface area contributed by atoms with Crippen molar-refractivity contribution >= 4 is 45.3 Å². The molecule has 7 heteroatoms. The van der Waals surface area contributed by atoms with Crippen LogP contribution in [0.1, 0.15) is 28.4 Å². The molecule has 1 aliphatic heterocycles. The number of carboxylic acids is 1. The lowest BCUT2D eigenvalue weighted by Crippen LogP contribution is -2.23. The van der Waals surface area contributed by atoms with Crippen molar-refractivity contribution in [1.82, 2.24) is 0 Å². The first-order valence-electron chi connectivity index (χ1n) is 9.82. The van der Waals surface area contributed by atoms with Crippen molar-refractivity contribution in [2.24, 2.45) is 5.10 Å². The van der Waals surface area contributed by atoms with E-state index in [1.165, 1.54) is 29.3 Å². The second-order valence-electron chi connectivity index (χ2n) is 7.15. The molecule has 3 aromatic rings. The molecule has 0 saturated heterocycles. The number of aromatic carboxylic acids is 1. The zero-order valence-corrected chi connectivity index (χ0v) is 18.7. The number of rotatable bonds is 6. The number of benzene rings is 3. The number of hydrogen-bond donors (Lipinski definition) is 0. The molecule has 0 fully saturated rings. The van der Waals surface area contributed by atoms with Gasteiger partial charge in [-0.25, -0.2) is 0 Å². The van der Waals surface area contributed by atoms with Crippen molar-refractivity contribution in [3.05, 3.63) is 99.5 Å². The van der Waals surface area contributed by atoms with Crippen LogP contribution in [-0.2, 0) is 11.4 Å². The highest BCUT2D eigenvalue weighted by Gasteiger charge is 2.29. The van der Waals surface area contributed by atoms with Crippen LogP contribution in [0.15, 0.2) is 87.9 Å². The van der Waals surface area contributed by atoms with Crippen molar-refractivity contribution in [2.75, 3.05) is 5.01 Å². The molecule has 0 unspecified atom stereocenters. The van der Waals surface area contributed by atoms with E-state index in [0.717, 1.165) is 15.6 Å². The Hall–Kier alpha value is -3.71. The van der Waals surface area contributed by atoms with Crippen LogP contribution in [-0.4, -0.2) is 17.6 Å². The van der Waals surface area contributed by atoms with Gasteiger partial charge in [-0.15, -0.1) is 0 Å². The van der Waals surface area contributed by atoms with Gasteiger partial charge in [0.15, 0.2) is 0 Å². The van der Waals surface area contributed by atoms with Gasteiger partial charge >= 0.3 is 0 Å². The third-order valence-corrected chi connectivity index (χ3v) is 5.41. The van der Waals surface area contributed by atoms with Crippen LogP contribution < -0.4 is 14.9 Å². The fourth-order valence-corrected chi connectivity index (χ4v) is 3.63. The van der Waals surface area contributed by atoms with Gasteiger partial charge in [0.25, 0.3) is 5.91 Å². The number of carbonyl (C=O) groups is 2. The summed E-state index contributed by atoms with van der Waals surface area (Å²) in [4.78, 5) is 24.0. The minimum absolute atomic E-state index is 0.0335. The van der Waals surface area contributed by atoms with Gasteiger partial charge in [-0.1, -0.05) is 58.4 Å². The van der Waals surface area contributed by atoms with E-state index >= 15 is 0 Å². The van der Waals surface area contributed by atoms with Crippen LogP contribution >= 0.6 is 15.9 Å². The van der Waals surface area contributed by atoms with Crippen molar-refractivity contribution in [2.45, 2.75) is 13.5 Å². The minimum Gasteiger partial charge on any atom is -0.545 e. The first-order valence-corrected chi connectivity index (χ1v) is 10.6. The number of anilines is 1. The Bertz CT molecular complexity index is 1230. The summed E-state index contributed by atoms with van der Waals surface area (Å²) in [6.45, 7) is 2.15. The molecule has 3 aromatic carbocycles. The Balaban J connectivity index is 1.61. The molecule has 32 heavy (non-hydrogen) atoms. The molecule has 0 saturated carbocycles. The van der Waals surface area contributed by atoms with Crippen molar-refractivity contribution < 1.29 is 19.4 Å². The van der Waals surface area contributed by atoms with E-state index in [-0.39, 0.29) is 11.5 Å². The minimum atomic E-state index is -1.28. The summed E-state index contributed by atoms with van der Waals surface area (Å²) in [6, 6.07) is 21.2. The van der Waals surface area contributed by atoms with Gasteiger partial charge in [-0.2, -0.15) is 10.1 Å². The summed E-state index contributed by atoms with van der Waals surface area (Å²) >= 11 is 3.48. The molecule has 1 aliphatic rings. The van der Waals surface area contributed by atoms with Crippen LogP contribution in [0, 0.1) is 0 Å². The van der Waals surface area contributed by atoms with E-state index in [9.17, 15) is 14.7 Å². The molecule has 0 atom stereocenters. The predicted octanol–water partition coefficient (Wildman–Crippen LogP) is 4.20. The van der Waals surface area contributed by atoms with E-state index in [0.29, 0.717) is 29.3 Å². The Kier molecular flexibility index (Phi) is 6.18. The normalized spacial score (nSPS) is 14.6. The average molecular weight is 490 g/mol. The molecule has 160 valence electrons. The summed E-state index contributed by atoms with van der Waals surface area (Å²) in [7, 11) is 0. The lowest BCUT2D eigenvalue weighted by atomic mass is 10.1. The molecule has 1 heterocycles. The second-order valence-corrected chi connectivity index (χ2v) is 8.07. The van der Waals surface area contributed by atoms with Crippen molar-refractivity contribution in [3.8, 4) is 5.75 Å². The smallest absolute Gasteiger partial charge is 0.280 e. The van der Waals surface area contributed by atoms with Gasteiger partial charge in [0.1, 0.15) is 12.4 Å². The molecule has 1 amide bonds. The van der Waals surface area contributed by atoms with Crippen molar-refractivity contribution in [1.29, 1.82) is 0 Å². The second kappa shape index (κ2) is 9.20. The maximum atomic E-state index is 13.1. The Labute approximate surface area is 193 Å². The number of hydrazone groups is 1. The number of ether oxygens (including phenoxy) is 1. The van der Waals surface area contributed by atoms with Crippen LogP contribution in [0.3, 0.4) is 0 Å². The third-order valence-electron chi connectivity index (χ3n) is 4.92. The van der Waals surface area contributed by atoms with E-state index in [4.69, 9.17) is 4.74 Å². The molecule has 6 nitrogen and oxygen atoms in total. The molecule has 0 aliphatic carbocycles. The van der Waals surface area contributed by atoms with E-state index in [2.05, 4.69) is 21.0 Å². The van der Waals surface area contributed by atoms with Gasteiger partial charge in [-0.05, 0) is 54.5 Å². The van der Waals surface area contributed by atoms with Gasteiger partial charge in [0.05, 0.1) is 22.9 Å². The standard InChI is InChI=1S/C25H19BrN2O4/c1-16-22(24(29)28(27-16)21-10-7-18(8-11-21)25(30)31)14-19-13-20(26)9-12-23(19)32-15-17-5-3-2-4-6-17/h2-14H,15H2,1H3,(H,30,31)/p-1/b22-14+. The molecule has 0 radical (unpaired) electrons. The largest absolute Gasteiger partial charge is 0.545 e. The lowest BCUT2D eigenvalue weighted by molar-refractivity contribution is -0.255. The Morgan fingerprint density at radius 3 is 2.50 bits per heavy atom. The number of carboxylic acid groups (broad SMARTS) is 1. The summed E-state index contributed by atoms with van der Waals surface area (Å²) in [5, 5.41) is 16.6. The predicted molar refractivity (Wildman–Crippen MR) is 124 cm³/mol. The molecular formula is C25H18BrN2O4-. The van der Waals surface area contributed by atoms with Crippen LogP contribution in [0.2, 0.25) is 0 Å². The van der Waals surface area contributed by atoms with E-state index < -0.39 is 5.97 Å². The van der Waals surface area contributed by atoms with Gasteiger partial charge in [-0.3, -0.25) is 4.79 Å². The lowest BCUT2D eigenvalue weighted by Gasteiger charge is -2.13. The highest BCUT2D eigenvalue weighted by Crippen LogP contribution is 2.30. The Morgan fingerprint density at radius 1 is 1.09 bits per heavy atom. The SMILES string of the molecule is CC1=NN(c2ccc(C(=O)[O-])cc2)C(=O)/C1=C/c1cc(Br)ccc1OCc1ccccc1. The van der Waals surface area contributed by atoms with Crippen LogP contribution in [0.5, 0.6) is 5.75 Å². The summed E-state index contributed by atoms with van der Waals surface area (Å²) in [5.41, 5.74) is 3.26. The van der Waals surface area contributed by atoms with Gasteiger partial charge < -0.3 is 14.6 Å². The maximum Gasteiger partial charge on any atom is 0.280 e. The third kappa shape index (κ3) is 4.63. The first-order chi connectivity index (χ1) is 15.4. The topological polar surface area (TPSA) is 82.0 Å². The summed E-state index contributed by atoms with van der Waals surface area (Å²) < 4.78 is 6.87. The summed E-state index contributed by atoms with van der Waals surface area (Å²) in [6.07, 6.45) is 1.75. The number of halogens is 1. The number of hydrogen-bond acceptors (Lipinski definition) is 5. The van der Waals surface area contributed by atoms with Gasteiger partial charge in [0.2, 0.25) is 0 Å². The number of carbonyl (C=O) groups excluding carboxylic acids is 2. The zero-order chi connectivity index (χ0) is 22.7. The Morgan fingerprint density at radius 2 is 1.81 bits per heavy atom. The molecule has 0 aromatic heterocycles. The van der Waals surface area contributed by atoms with E-state index in [1.54, 1.807) is 13.0 Å². The average Bonchev–Trinajstić information content (AvgIpc) is 3.07. The fraction of sp³-hybridized carbons (Fsp3) is 0.0800. The zero-order valence-electron chi connectivity index (χ0n) is 17.1. The molecule has 0 N–H and O–H groups in total. The first kappa shape index (κ1) is 21.5. The van der Waals surface area contributed by atoms with Gasteiger partial charge in [0, 0.05) is 10.0 Å². The summed E-state index contributed by atoms with van der Waals surface area (Å²) in [5.74, 6) is -0.943. The van der Waals surface area contributed by atoms with E-state index in [1.807, 2.05) is 48.5 Å². The molecule has 4 rings (SSSR count). The fourth-order valence-electron chi connectivity index (χ4n) is 3.25. The van der Waals surface area contributed by atoms with Crippen LogP contribution in [0.4, 0.5) is 5.69 Å². The number of nitrogens with zero attached hydrogens (tertiary/aromatic N) is 2. The molecule has 0 bridgehead atoms. The maximum absolute atomic E-state index is 13.1. The molecule has 0 spiro atoms. The quantitative estimate of drug-likeness (QED) is 0.485. The highest BCUT2D eigenvalue weighted by molar-refractivity contribution is 9.10.